The van der Waals surface area contributed by atoms with E-state index in [9.17, 15) is 8.42 Å². The Kier molecular flexibility index (Phi) is 4.01. The largest absolute Gasteiger partial charge is 0.329 e. The fourth-order valence-corrected chi connectivity index (χ4v) is 4.67. The molecule has 1 aromatic rings. The molecule has 0 spiro atoms. The Labute approximate surface area is 125 Å². The zero-order valence-corrected chi connectivity index (χ0v) is 13.2. The number of aliphatic imine (C=N–C) groups is 1. The van der Waals surface area contributed by atoms with Crippen LogP contribution in [0.5, 0.6) is 0 Å². The number of aryl methyl sites for hydroxylation is 1. The minimum Gasteiger partial charge on any atom is -0.329 e. The molecule has 3 heterocycles. The van der Waals surface area contributed by atoms with Crippen molar-refractivity contribution in [3.63, 3.8) is 0 Å². The summed E-state index contributed by atoms with van der Waals surface area (Å²) < 4.78 is 25.2. The first-order chi connectivity index (χ1) is 10.0. The van der Waals surface area contributed by atoms with E-state index in [1.54, 1.807) is 0 Å². The lowest BCUT2D eigenvalue weighted by Crippen LogP contribution is -2.19. The molecule has 1 fully saturated rings. The molecule has 3 rings (SSSR count). The van der Waals surface area contributed by atoms with Crippen molar-refractivity contribution in [3.8, 4) is 0 Å². The Hall–Kier alpha value is -1.37. The highest BCUT2D eigenvalue weighted by Gasteiger charge is 2.31. The first-order valence-electron chi connectivity index (χ1n) is 7.60. The monoisotopic (exact) mass is 310 g/mol. The van der Waals surface area contributed by atoms with Gasteiger partial charge in [0.25, 0.3) is 0 Å². The maximum absolute atomic E-state index is 11.7. The molecule has 0 bridgehead atoms. The smallest absolute Gasteiger partial charge is 0.152 e. The van der Waals surface area contributed by atoms with Crippen LogP contribution >= 0.6 is 0 Å². The molecule has 7 heteroatoms. The van der Waals surface area contributed by atoms with Gasteiger partial charge in [-0.15, -0.1) is 0 Å². The fraction of sp³-hybridized carbons (Fsp3) is 0.714. The standard InChI is InChI=1S/C14H22N4O2S/c1-11-9-14(16-13-5-3-2-4-7-15-13)18(17-11)12-6-8-21(19,20)10-12/h9,12H,2-8,10H2,1H3,(H,15,16)/t12-/m1/s1. The van der Waals surface area contributed by atoms with Crippen molar-refractivity contribution in [2.75, 3.05) is 23.4 Å². The number of aromatic nitrogens is 2. The Bertz CT molecular complexity index is 648. The molecule has 2 aliphatic rings. The molecular weight excluding hydrogens is 288 g/mol. The van der Waals surface area contributed by atoms with E-state index in [1.165, 1.54) is 6.42 Å². The average Bonchev–Trinajstić information content (AvgIpc) is 2.83. The molecule has 1 aromatic heterocycles. The normalized spacial score (nSPS) is 25.4. The van der Waals surface area contributed by atoms with Gasteiger partial charge in [-0.25, -0.2) is 13.1 Å². The first-order valence-corrected chi connectivity index (χ1v) is 9.42. The highest BCUT2D eigenvalue weighted by atomic mass is 32.2. The van der Waals surface area contributed by atoms with Crippen molar-refractivity contribution in [2.24, 2.45) is 4.99 Å². The third-order valence-electron chi connectivity index (χ3n) is 4.06. The van der Waals surface area contributed by atoms with Gasteiger partial charge in [-0.3, -0.25) is 4.99 Å². The quantitative estimate of drug-likeness (QED) is 0.905. The number of amidine groups is 1. The summed E-state index contributed by atoms with van der Waals surface area (Å²) in [7, 11) is -2.91. The van der Waals surface area contributed by atoms with Gasteiger partial charge in [0.2, 0.25) is 0 Å². The van der Waals surface area contributed by atoms with Crippen molar-refractivity contribution in [1.82, 2.24) is 9.78 Å². The molecule has 2 aliphatic heterocycles. The van der Waals surface area contributed by atoms with Crippen molar-refractivity contribution >= 4 is 21.5 Å². The van der Waals surface area contributed by atoms with Crippen LogP contribution in [0.3, 0.4) is 0 Å². The van der Waals surface area contributed by atoms with Crippen LogP contribution in [-0.4, -0.2) is 42.1 Å². The molecule has 0 aliphatic carbocycles. The van der Waals surface area contributed by atoms with Crippen molar-refractivity contribution in [1.29, 1.82) is 0 Å². The molecular formula is C14H22N4O2S. The van der Waals surface area contributed by atoms with Crippen LogP contribution in [0.4, 0.5) is 5.82 Å². The van der Waals surface area contributed by atoms with Crippen molar-refractivity contribution in [3.05, 3.63) is 11.8 Å². The first kappa shape index (κ1) is 14.6. The lowest BCUT2D eigenvalue weighted by atomic mass is 10.2. The molecule has 116 valence electrons. The van der Waals surface area contributed by atoms with E-state index in [0.29, 0.717) is 6.42 Å². The molecule has 0 amide bonds. The summed E-state index contributed by atoms with van der Waals surface area (Å²) in [5.74, 6) is 2.32. The van der Waals surface area contributed by atoms with Crippen LogP contribution in [0.25, 0.3) is 0 Å². The van der Waals surface area contributed by atoms with E-state index in [-0.39, 0.29) is 17.5 Å². The van der Waals surface area contributed by atoms with Crippen LogP contribution < -0.4 is 5.32 Å². The maximum Gasteiger partial charge on any atom is 0.152 e. The highest BCUT2D eigenvalue weighted by Crippen LogP contribution is 2.27. The Morgan fingerprint density at radius 1 is 1.33 bits per heavy atom. The zero-order valence-electron chi connectivity index (χ0n) is 12.4. The lowest BCUT2D eigenvalue weighted by Gasteiger charge is -2.15. The molecule has 0 unspecified atom stereocenters. The predicted molar refractivity (Wildman–Crippen MR) is 83.7 cm³/mol. The summed E-state index contributed by atoms with van der Waals surface area (Å²) in [6.45, 7) is 2.80. The van der Waals surface area contributed by atoms with Gasteiger partial charge < -0.3 is 5.32 Å². The number of nitrogens with one attached hydrogen (secondary N) is 1. The fourth-order valence-electron chi connectivity index (χ4n) is 2.98. The van der Waals surface area contributed by atoms with Gasteiger partial charge >= 0.3 is 0 Å². The minimum atomic E-state index is -2.91. The van der Waals surface area contributed by atoms with Crippen LogP contribution in [0.1, 0.15) is 43.8 Å². The predicted octanol–water partition coefficient (Wildman–Crippen LogP) is 1.94. The van der Waals surface area contributed by atoms with E-state index in [1.807, 2.05) is 17.7 Å². The number of sulfone groups is 1. The summed E-state index contributed by atoms with van der Waals surface area (Å²) in [5.41, 5.74) is 0.899. The van der Waals surface area contributed by atoms with E-state index in [2.05, 4.69) is 15.4 Å². The third-order valence-corrected chi connectivity index (χ3v) is 5.81. The van der Waals surface area contributed by atoms with Crippen LogP contribution in [0.15, 0.2) is 11.1 Å². The molecule has 21 heavy (non-hydrogen) atoms. The summed E-state index contributed by atoms with van der Waals surface area (Å²) in [4.78, 5) is 4.57. The number of hydrogen-bond donors (Lipinski definition) is 1. The zero-order chi connectivity index (χ0) is 14.9. The second-order valence-electron chi connectivity index (χ2n) is 5.94. The summed E-state index contributed by atoms with van der Waals surface area (Å²) in [6, 6.07) is 1.91. The molecule has 1 atom stereocenters. The van der Waals surface area contributed by atoms with Crippen LogP contribution in [-0.2, 0) is 9.84 Å². The van der Waals surface area contributed by atoms with Gasteiger partial charge in [0.15, 0.2) is 9.84 Å². The summed E-state index contributed by atoms with van der Waals surface area (Å²) in [6.07, 6.45) is 5.10. The Balaban J connectivity index is 1.81. The second-order valence-corrected chi connectivity index (χ2v) is 8.17. The van der Waals surface area contributed by atoms with Gasteiger partial charge in [-0.2, -0.15) is 5.10 Å². The van der Waals surface area contributed by atoms with Crippen molar-refractivity contribution in [2.45, 2.75) is 45.1 Å². The average molecular weight is 310 g/mol. The van der Waals surface area contributed by atoms with Gasteiger partial charge in [0.05, 0.1) is 23.2 Å². The van der Waals surface area contributed by atoms with E-state index >= 15 is 0 Å². The van der Waals surface area contributed by atoms with Crippen LogP contribution in [0, 0.1) is 6.92 Å². The highest BCUT2D eigenvalue weighted by molar-refractivity contribution is 7.91. The van der Waals surface area contributed by atoms with Gasteiger partial charge in [-0.05, 0) is 26.2 Å². The lowest BCUT2D eigenvalue weighted by molar-refractivity contribution is 0.503. The minimum absolute atomic E-state index is 0.0578. The van der Waals surface area contributed by atoms with E-state index in [4.69, 9.17) is 0 Å². The van der Waals surface area contributed by atoms with E-state index in [0.717, 1.165) is 43.2 Å². The van der Waals surface area contributed by atoms with Crippen LogP contribution in [0.2, 0.25) is 0 Å². The van der Waals surface area contributed by atoms with E-state index < -0.39 is 9.84 Å². The number of anilines is 1. The SMILES string of the molecule is Cc1cc(NC2=NCCCCC2)n([C@@H]2CCS(=O)(=O)C2)n1. The molecule has 6 nitrogen and oxygen atoms in total. The summed E-state index contributed by atoms with van der Waals surface area (Å²) >= 11 is 0. The molecule has 1 N–H and O–H groups in total. The van der Waals surface area contributed by atoms with Gasteiger partial charge in [0, 0.05) is 19.0 Å². The number of nitrogens with zero attached hydrogens (tertiary/aromatic N) is 3. The Morgan fingerprint density at radius 3 is 2.95 bits per heavy atom. The molecule has 0 radical (unpaired) electrons. The Morgan fingerprint density at radius 2 is 2.19 bits per heavy atom. The molecule has 1 saturated heterocycles. The second kappa shape index (κ2) is 5.79. The van der Waals surface area contributed by atoms with Gasteiger partial charge in [0.1, 0.15) is 11.7 Å². The third kappa shape index (κ3) is 3.45. The summed E-state index contributed by atoms with van der Waals surface area (Å²) in [5, 5.41) is 7.85. The van der Waals surface area contributed by atoms with Gasteiger partial charge in [-0.1, -0.05) is 6.42 Å². The molecule has 0 aromatic carbocycles. The topological polar surface area (TPSA) is 76.3 Å². The molecule has 0 saturated carbocycles. The number of hydrogen-bond acceptors (Lipinski definition) is 5. The number of rotatable bonds is 2. The maximum atomic E-state index is 11.7. The van der Waals surface area contributed by atoms with Crippen molar-refractivity contribution < 1.29 is 8.42 Å².